The molecule has 0 bridgehead atoms. The molecular formula is C15H10BrClFNO2. The smallest absolute Gasteiger partial charge is 0.408 e. The molecule has 1 atom stereocenters. The van der Waals surface area contributed by atoms with Crippen LogP contribution in [0.2, 0.25) is 5.02 Å². The average Bonchev–Trinajstić information content (AvgIpc) is 2.76. The van der Waals surface area contributed by atoms with Crippen molar-refractivity contribution >= 4 is 38.6 Å². The van der Waals surface area contributed by atoms with Crippen molar-refractivity contribution in [3.8, 4) is 0 Å². The molecule has 0 radical (unpaired) electrons. The zero-order valence-electron chi connectivity index (χ0n) is 10.9. The number of oxazole rings is 1. The van der Waals surface area contributed by atoms with E-state index >= 15 is 0 Å². The lowest BCUT2D eigenvalue weighted by molar-refractivity contribution is 0.528. The van der Waals surface area contributed by atoms with Crippen LogP contribution in [0, 0.1) is 5.82 Å². The molecule has 0 amide bonds. The molecular weight excluding hydrogens is 361 g/mol. The van der Waals surface area contributed by atoms with Crippen molar-refractivity contribution in [1.82, 2.24) is 4.57 Å². The summed E-state index contributed by atoms with van der Waals surface area (Å²) in [7, 11) is 1.64. The number of alkyl halides is 1. The SMILES string of the molecule is Cn1c(=O)oc2cc(C(Br)c3cccc(Cl)c3F)ccc21. The van der Waals surface area contributed by atoms with Gasteiger partial charge in [-0.1, -0.05) is 45.7 Å². The molecule has 1 aromatic heterocycles. The first kappa shape index (κ1) is 14.4. The first-order valence-electron chi connectivity index (χ1n) is 6.16. The van der Waals surface area contributed by atoms with Crippen LogP contribution in [0.25, 0.3) is 11.1 Å². The van der Waals surface area contributed by atoms with Crippen molar-refractivity contribution in [2.75, 3.05) is 0 Å². The Morgan fingerprint density at radius 2 is 2.10 bits per heavy atom. The lowest BCUT2D eigenvalue weighted by Gasteiger charge is -2.12. The van der Waals surface area contributed by atoms with Crippen molar-refractivity contribution < 1.29 is 8.81 Å². The molecule has 0 aliphatic heterocycles. The van der Waals surface area contributed by atoms with Gasteiger partial charge in [-0.3, -0.25) is 4.57 Å². The summed E-state index contributed by atoms with van der Waals surface area (Å²) in [6, 6.07) is 10.2. The molecule has 0 saturated carbocycles. The second kappa shape index (κ2) is 5.31. The summed E-state index contributed by atoms with van der Waals surface area (Å²) >= 11 is 9.27. The minimum absolute atomic E-state index is 0.0734. The van der Waals surface area contributed by atoms with Crippen molar-refractivity contribution in [2.45, 2.75) is 4.83 Å². The fraction of sp³-hybridized carbons (Fsp3) is 0.133. The highest BCUT2D eigenvalue weighted by molar-refractivity contribution is 9.09. The lowest BCUT2D eigenvalue weighted by atomic mass is 10.0. The first-order valence-corrected chi connectivity index (χ1v) is 7.46. The van der Waals surface area contributed by atoms with Gasteiger partial charge in [0.05, 0.1) is 15.4 Å². The second-order valence-electron chi connectivity index (χ2n) is 4.66. The first-order chi connectivity index (χ1) is 9.99. The van der Waals surface area contributed by atoms with Crippen LogP contribution in [-0.2, 0) is 7.05 Å². The van der Waals surface area contributed by atoms with E-state index in [2.05, 4.69) is 15.9 Å². The van der Waals surface area contributed by atoms with Gasteiger partial charge in [-0.25, -0.2) is 9.18 Å². The number of aryl methyl sites for hydroxylation is 1. The molecule has 1 unspecified atom stereocenters. The second-order valence-corrected chi connectivity index (χ2v) is 5.98. The van der Waals surface area contributed by atoms with Gasteiger partial charge in [-0.2, -0.15) is 0 Å². The Kier molecular flexibility index (Phi) is 3.63. The minimum atomic E-state index is -0.462. The molecule has 0 spiro atoms. The van der Waals surface area contributed by atoms with Gasteiger partial charge in [0.2, 0.25) is 0 Å². The van der Waals surface area contributed by atoms with Gasteiger partial charge in [0.15, 0.2) is 5.58 Å². The predicted molar refractivity (Wildman–Crippen MR) is 83.6 cm³/mol. The van der Waals surface area contributed by atoms with Gasteiger partial charge in [-0.05, 0) is 23.8 Å². The van der Waals surface area contributed by atoms with Gasteiger partial charge in [-0.15, -0.1) is 0 Å². The molecule has 21 heavy (non-hydrogen) atoms. The van der Waals surface area contributed by atoms with E-state index < -0.39 is 11.6 Å². The van der Waals surface area contributed by atoms with Crippen LogP contribution >= 0.6 is 27.5 Å². The third-order valence-electron chi connectivity index (χ3n) is 3.36. The Hall–Kier alpha value is -1.59. The van der Waals surface area contributed by atoms with Crippen molar-refractivity contribution in [3.63, 3.8) is 0 Å². The zero-order chi connectivity index (χ0) is 15.1. The molecule has 2 aromatic carbocycles. The molecule has 1 heterocycles. The number of fused-ring (bicyclic) bond motifs is 1. The van der Waals surface area contributed by atoms with Crippen LogP contribution in [0.3, 0.4) is 0 Å². The quantitative estimate of drug-likeness (QED) is 0.626. The van der Waals surface area contributed by atoms with E-state index in [1.165, 1.54) is 10.6 Å². The molecule has 0 aliphatic rings. The van der Waals surface area contributed by atoms with Gasteiger partial charge < -0.3 is 4.42 Å². The van der Waals surface area contributed by atoms with Crippen LogP contribution < -0.4 is 5.76 Å². The number of benzene rings is 2. The maximum atomic E-state index is 14.1. The van der Waals surface area contributed by atoms with Gasteiger partial charge in [0.25, 0.3) is 0 Å². The van der Waals surface area contributed by atoms with Crippen LogP contribution in [0.4, 0.5) is 4.39 Å². The summed E-state index contributed by atoms with van der Waals surface area (Å²) in [6.45, 7) is 0. The summed E-state index contributed by atoms with van der Waals surface area (Å²) in [5, 5.41) is 0.0734. The van der Waals surface area contributed by atoms with Crippen LogP contribution in [0.1, 0.15) is 16.0 Å². The molecule has 0 N–H and O–H groups in total. The van der Waals surface area contributed by atoms with Gasteiger partial charge >= 0.3 is 5.76 Å². The van der Waals surface area contributed by atoms with E-state index in [-0.39, 0.29) is 9.85 Å². The molecule has 0 fully saturated rings. The van der Waals surface area contributed by atoms with Crippen LogP contribution in [0.5, 0.6) is 0 Å². The molecule has 0 saturated heterocycles. The van der Waals surface area contributed by atoms with Crippen molar-refractivity contribution in [1.29, 1.82) is 0 Å². The molecule has 6 heteroatoms. The lowest BCUT2D eigenvalue weighted by Crippen LogP contribution is -2.08. The average molecular weight is 371 g/mol. The Bertz CT molecular complexity index is 887. The van der Waals surface area contributed by atoms with Gasteiger partial charge in [0, 0.05) is 12.6 Å². The number of halogens is 3. The Labute approximate surface area is 133 Å². The molecule has 0 aliphatic carbocycles. The summed E-state index contributed by atoms with van der Waals surface area (Å²) in [5.74, 6) is -0.891. The molecule has 3 rings (SSSR count). The van der Waals surface area contributed by atoms with E-state index in [9.17, 15) is 9.18 Å². The molecule has 3 nitrogen and oxygen atoms in total. The Morgan fingerprint density at radius 1 is 1.33 bits per heavy atom. The number of hydrogen-bond acceptors (Lipinski definition) is 2. The van der Waals surface area contributed by atoms with Crippen LogP contribution in [0.15, 0.2) is 45.6 Å². The normalized spacial score (nSPS) is 12.8. The zero-order valence-corrected chi connectivity index (χ0v) is 13.3. The largest absolute Gasteiger partial charge is 0.419 e. The number of aromatic nitrogens is 1. The maximum absolute atomic E-state index is 14.1. The summed E-state index contributed by atoms with van der Waals surface area (Å²) < 4.78 is 20.6. The molecule has 3 aromatic rings. The highest BCUT2D eigenvalue weighted by Crippen LogP contribution is 2.35. The van der Waals surface area contributed by atoms with Gasteiger partial charge in [0.1, 0.15) is 5.82 Å². The summed E-state index contributed by atoms with van der Waals surface area (Å²) in [5.41, 5.74) is 2.36. The highest BCUT2D eigenvalue weighted by Gasteiger charge is 2.18. The number of hydrogen-bond donors (Lipinski definition) is 0. The third kappa shape index (κ3) is 2.40. The third-order valence-corrected chi connectivity index (χ3v) is 4.68. The monoisotopic (exact) mass is 369 g/mol. The van der Waals surface area contributed by atoms with Crippen molar-refractivity contribution in [2.24, 2.45) is 7.05 Å². The fourth-order valence-corrected chi connectivity index (χ4v) is 3.02. The number of rotatable bonds is 2. The predicted octanol–water partition coefficient (Wildman–Crippen LogP) is 4.41. The Morgan fingerprint density at radius 3 is 2.86 bits per heavy atom. The van der Waals surface area contributed by atoms with Crippen LogP contribution in [-0.4, -0.2) is 4.57 Å². The van der Waals surface area contributed by atoms with E-state index in [1.807, 2.05) is 6.07 Å². The fourth-order valence-electron chi connectivity index (χ4n) is 2.20. The number of nitrogens with zero attached hydrogens (tertiary/aromatic N) is 1. The standard InChI is InChI=1S/C15H10BrClFNO2/c1-19-11-6-5-8(7-12(11)21-15(19)20)13(16)9-3-2-4-10(17)14(9)18/h2-7,13H,1H3. The summed E-state index contributed by atoms with van der Waals surface area (Å²) in [4.78, 5) is 11.1. The highest BCUT2D eigenvalue weighted by atomic mass is 79.9. The van der Waals surface area contributed by atoms with E-state index in [4.69, 9.17) is 16.0 Å². The molecule has 108 valence electrons. The van der Waals surface area contributed by atoms with E-state index in [1.54, 1.807) is 31.3 Å². The van der Waals surface area contributed by atoms with Crippen molar-refractivity contribution in [3.05, 3.63) is 68.9 Å². The Balaban J connectivity index is 2.11. The maximum Gasteiger partial charge on any atom is 0.419 e. The van der Waals surface area contributed by atoms with E-state index in [0.29, 0.717) is 16.7 Å². The van der Waals surface area contributed by atoms with E-state index in [0.717, 1.165) is 5.56 Å². The summed E-state index contributed by atoms with van der Waals surface area (Å²) in [6.07, 6.45) is 0. The minimum Gasteiger partial charge on any atom is -0.408 e. The topological polar surface area (TPSA) is 35.1 Å².